The minimum atomic E-state index is -0.243. The van der Waals surface area contributed by atoms with Crippen molar-refractivity contribution in [2.45, 2.75) is 25.4 Å². The summed E-state index contributed by atoms with van der Waals surface area (Å²) >= 11 is 0. The first kappa shape index (κ1) is 16.8. The van der Waals surface area contributed by atoms with Crippen LogP contribution in [-0.4, -0.2) is 69.1 Å². The number of aryl methyl sites for hydroxylation is 1. The molecule has 2 aliphatic rings. The molecule has 0 aliphatic carbocycles. The van der Waals surface area contributed by atoms with Crippen LogP contribution in [0.3, 0.4) is 0 Å². The number of nitrogens with zero attached hydrogens (tertiary/aromatic N) is 6. The van der Waals surface area contributed by atoms with Crippen LogP contribution >= 0.6 is 0 Å². The molecule has 136 valence electrons. The normalized spacial score (nSPS) is 19.6. The summed E-state index contributed by atoms with van der Waals surface area (Å²) in [6.45, 7) is 5.34. The van der Waals surface area contributed by atoms with Gasteiger partial charge in [-0.25, -0.2) is 15.0 Å². The molecule has 2 aliphatic heterocycles. The second kappa shape index (κ2) is 6.95. The Kier molecular flexibility index (Phi) is 4.50. The number of rotatable bonds is 2. The van der Waals surface area contributed by atoms with Gasteiger partial charge in [0, 0.05) is 38.2 Å². The molecule has 8 heteroatoms. The van der Waals surface area contributed by atoms with Crippen molar-refractivity contribution in [3.05, 3.63) is 42.2 Å². The van der Waals surface area contributed by atoms with Gasteiger partial charge in [-0.3, -0.25) is 9.78 Å². The molecular weight excluding hydrogens is 332 g/mol. The fourth-order valence-electron chi connectivity index (χ4n) is 3.55. The van der Waals surface area contributed by atoms with Crippen LogP contribution in [0.25, 0.3) is 0 Å². The molecule has 4 rings (SSSR count). The summed E-state index contributed by atoms with van der Waals surface area (Å²) in [7, 11) is 0. The van der Waals surface area contributed by atoms with Gasteiger partial charge >= 0.3 is 0 Å². The van der Waals surface area contributed by atoms with Gasteiger partial charge in [-0.1, -0.05) is 0 Å². The molecule has 26 heavy (non-hydrogen) atoms. The van der Waals surface area contributed by atoms with Gasteiger partial charge in [0.15, 0.2) is 0 Å². The number of morpholine rings is 1. The number of ether oxygens (including phenoxy) is 1. The largest absolute Gasteiger partial charge is 0.371 e. The molecule has 0 N–H and O–H groups in total. The number of carbonyl (C=O) groups is 1. The predicted octanol–water partition coefficient (Wildman–Crippen LogP) is 1.09. The van der Waals surface area contributed by atoms with E-state index in [9.17, 15) is 4.79 Å². The zero-order valence-corrected chi connectivity index (χ0v) is 14.8. The molecule has 2 saturated heterocycles. The van der Waals surface area contributed by atoms with E-state index in [0.29, 0.717) is 25.4 Å². The van der Waals surface area contributed by atoms with E-state index in [1.54, 1.807) is 24.8 Å². The third-order valence-electron chi connectivity index (χ3n) is 5.05. The number of carbonyl (C=O) groups excluding carboxylic acids is 1. The van der Waals surface area contributed by atoms with Crippen molar-refractivity contribution in [1.29, 1.82) is 0 Å². The van der Waals surface area contributed by atoms with Crippen molar-refractivity contribution in [2.24, 2.45) is 0 Å². The summed E-state index contributed by atoms with van der Waals surface area (Å²) in [6.07, 6.45) is 8.28. The van der Waals surface area contributed by atoms with Crippen molar-refractivity contribution in [2.75, 3.05) is 37.7 Å². The maximum Gasteiger partial charge on any atom is 0.274 e. The molecule has 1 amide bonds. The maximum absolute atomic E-state index is 12.6. The van der Waals surface area contributed by atoms with E-state index in [2.05, 4.69) is 24.8 Å². The molecule has 4 heterocycles. The van der Waals surface area contributed by atoms with E-state index in [-0.39, 0.29) is 11.5 Å². The van der Waals surface area contributed by atoms with Crippen molar-refractivity contribution < 1.29 is 9.53 Å². The first-order valence-electron chi connectivity index (χ1n) is 8.89. The summed E-state index contributed by atoms with van der Waals surface area (Å²) in [5.74, 6) is 0.676. The Hall–Kier alpha value is -2.61. The lowest BCUT2D eigenvalue weighted by Crippen LogP contribution is -2.58. The molecule has 8 nitrogen and oxygen atoms in total. The molecule has 0 radical (unpaired) electrons. The molecule has 0 aromatic carbocycles. The molecule has 1 spiro atoms. The van der Waals surface area contributed by atoms with E-state index >= 15 is 0 Å². The van der Waals surface area contributed by atoms with Crippen molar-refractivity contribution in [1.82, 2.24) is 24.8 Å². The second-order valence-electron chi connectivity index (χ2n) is 6.84. The third-order valence-corrected chi connectivity index (χ3v) is 5.05. The van der Waals surface area contributed by atoms with Gasteiger partial charge in [0.1, 0.15) is 5.69 Å². The van der Waals surface area contributed by atoms with Crippen LogP contribution < -0.4 is 4.90 Å². The third kappa shape index (κ3) is 3.37. The van der Waals surface area contributed by atoms with Crippen LogP contribution in [-0.2, 0) is 4.74 Å². The first-order valence-corrected chi connectivity index (χ1v) is 8.89. The van der Waals surface area contributed by atoms with Gasteiger partial charge < -0.3 is 14.5 Å². The Balaban J connectivity index is 1.41. The average Bonchev–Trinajstić information content (AvgIpc) is 2.69. The molecule has 0 unspecified atom stereocenters. The second-order valence-corrected chi connectivity index (χ2v) is 6.84. The summed E-state index contributed by atoms with van der Waals surface area (Å²) in [6, 6.07) is 1.82. The number of anilines is 1. The Labute approximate surface area is 152 Å². The highest BCUT2D eigenvalue weighted by Gasteiger charge is 2.41. The molecule has 2 aromatic rings. The lowest BCUT2D eigenvalue weighted by molar-refractivity contribution is -0.0872. The minimum Gasteiger partial charge on any atom is -0.371 e. The van der Waals surface area contributed by atoms with E-state index < -0.39 is 0 Å². The number of piperidine rings is 1. The minimum absolute atomic E-state index is 0.0635. The van der Waals surface area contributed by atoms with Crippen molar-refractivity contribution >= 4 is 11.9 Å². The topological polar surface area (TPSA) is 84.3 Å². The maximum atomic E-state index is 12.6. The van der Waals surface area contributed by atoms with Gasteiger partial charge in [0.05, 0.1) is 30.6 Å². The number of aromatic nitrogens is 4. The first-order chi connectivity index (χ1) is 12.7. The van der Waals surface area contributed by atoms with Gasteiger partial charge in [-0.05, 0) is 25.8 Å². The van der Waals surface area contributed by atoms with Crippen LogP contribution in [0.2, 0.25) is 0 Å². The summed E-state index contributed by atoms with van der Waals surface area (Å²) in [5.41, 5.74) is 0.959. The molecule has 0 atom stereocenters. The SMILES string of the molecule is Cc1cnc(C(=O)N2CCC3(CC2)CN(c2ncccn2)CCO3)cn1. The van der Waals surface area contributed by atoms with Crippen LogP contribution in [0.4, 0.5) is 5.95 Å². The van der Waals surface area contributed by atoms with Crippen LogP contribution in [0.1, 0.15) is 29.0 Å². The highest BCUT2D eigenvalue weighted by molar-refractivity contribution is 5.92. The van der Waals surface area contributed by atoms with Crippen LogP contribution in [0.5, 0.6) is 0 Å². The average molecular weight is 354 g/mol. The zero-order chi connectivity index (χ0) is 18.0. The number of hydrogen-bond acceptors (Lipinski definition) is 7. The van der Waals surface area contributed by atoms with E-state index in [0.717, 1.165) is 37.6 Å². The lowest BCUT2D eigenvalue weighted by atomic mass is 9.89. The van der Waals surface area contributed by atoms with Gasteiger partial charge in [0.25, 0.3) is 5.91 Å². The van der Waals surface area contributed by atoms with Crippen molar-refractivity contribution in [3.8, 4) is 0 Å². The quantitative estimate of drug-likeness (QED) is 0.798. The fraction of sp³-hybridized carbons (Fsp3) is 0.500. The van der Waals surface area contributed by atoms with Crippen LogP contribution in [0.15, 0.2) is 30.9 Å². The number of hydrogen-bond donors (Lipinski definition) is 0. The van der Waals surface area contributed by atoms with Crippen molar-refractivity contribution in [3.63, 3.8) is 0 Å². The van der Waals surface area contributed by atoms with Gasteiger partial charge in [-0.15, -0.1) is 0 Å². The highest BCUT2D eigenvalue weighted by Crippen LogP contribution is 2.31. The molecule has 0 saturated carbocycles. The standard InChI is InChI=1S/C18H22N6O2/c1-14-11-22-15(12-21-14)16(25)23-7-3-18(4-8-23)13-24(9-10-26-18)17-19-5-2-6-20-17/h2,5-6,11-12H,3-4,7-10,13H2,1H3. The predicted molar refractivity (Wildman–Crippen MR) is 94.8 cm³/mol. The lowest BCUT2D eigenvalue weighted by Gasteiger charge is -2.47. The Bertz CT molecular complexity index is 759. The fourth-order valence-corrected chi connectivity index (χ4v) is 3.55. The van der Waals surface area contributed by atoms with Gasteiger partial charge in [-0.2, -0.15) is 0 Å². The molecule has 2 fully saturated rings. The van der Waals surface area contributed by atoms with E-state index in [4.69, 9.17) is 4.74 Å². The van der Waals surface area contributed by atoms with Gasteiger partial charge in [0.2, 0.25) is 5.95 Å². The van der Waals surface area contributed by atoms with Crippen LogP contribution in [0, 0.1) is 6.92 Å². The monoisotopic (exact) mass is 354 g/mol. The number of likely N-dealkylation sites (tertiary alicyclic amines) is 1. The Morgan fingerprint density at radius 1 is 1.08 bits per heavy atom. The van der Waals surface area contributed by atoms with E-state index in [1.807, 2.05) is 17.9 Å². The summed E-state index contributed by atoms with van der Waals surface area (Å²) < 4.78 is 6.14. The summed E-state index contributed by atoms with van der Waals surface area (Å²) in [4.78, 5) is 33.7. The smallest absolute Gasteiger partial charge is 0.274 e. The van der Waals surface area contributed by atoms with E-state index in [1.165, 1.54) is 0 Å². The zero-order valence-electron chi connectivity index (χ0n) is 14.8. The molecule has 0 bridgehead atoms. The highest BCUT2D eigenvalue weighted by atomic mass is 16.5. The summed E-state index contributed by atoms with van der Waals surface area (Å²) in [5, 5.41) is 0. The Morgan fingerprint density at radius 3 is 2.54 bits per heavy atom. The Morgan fingerprint density at radius 2 is 1.85 bits per heavy atom. The molecular formula is C18H22N6O2. The molecule has 2 aromatic heterocycles. The number of amides is 1.